The maximum atomic E-state index is 11.4. The quantitative estimate of drug-likeness (QED) is 0.885. The Labute approximate surface area is 103 Å². The van der Waals surface area contributed by atoms with E-state index < -0.39 is 9.84 Å². The molecule has 1 fully saturated rings. The molecule has 0 unspecified atom stereocenters. The average molecular weight is 262 g/mol. The molecule has 16 heavy (non-hydrogen) atoms. The molecule has 1 saturated heterocycles. The zero-order valence-electron chi connectivity index (χ0n) is 9.14. The summed E-state index contributed by atoms with van der Waals surface area (Å²) in [6.07, 6.45) is 3.50. The fourth-order valence-corrected chi connectivity index (χ4v) is 2.61. The van der Waals surface area contributed by atoms with Crippen molar-refractivity contribution in [1.29, 1.82) is 0 Å². The molecule has 5 heteroatoms. The Morgan fingerprint density at radius 3 is 2.69 bits per heavy atom. The lowest BCUT2D eigenvalue weighted by Crippen LogP contribution is -2.13. The van der Waals surface area contributed by atoms with Crippen LogP contribution in [0.4, 0.5) is 0 Å². The summed E-state index contributed by atoms with van der Waals surface area (Å²) in [5.41, 5.74) is 1.08. The van der Waals surface area contributed by atoms with Crippen LogP contribution in [0.5, 0.6) is 0 Å². The van der Waals surface area contributed by atoms with Crippen molar-refractivity contribution in [2.45, 2.75) is 23.8 Å². The van der Waals surface area contributed by atoms with Crippen LogP contribution in [0.3, 0.4) is 0 Å². The van der Waals surface area contributed by atoms with Gasteiger partial charge in [0.2, 0.25) is 0 Å². The second-order valence-electron chi connectivity index (χ2n) is 3.99. The molecule has 2 rings (SSSR count). The Kier molecular flexibility index (Phi) is 4.35. The molecule has 0 radical (unpaired) electrons. The molecule has 90 valence electrons. The van der Waals surface area contributed by atoms with Crippen molar-refractivity contribution < 1.29 is 8.42 Å². The fraction of sp³-hybridized carbons (Fsp3) is 0.455. The number of sulfone groups is 1. The van der Waals surface area contributed by atoms with Crippen LogP contribution in [0.1, 0.15) is 24.4 Å². The van der Waals surface area contributed by atoms with Gasteiger partial charge in [0, 0.05) is 12.3 Å². The van der Waals surface area contributed by atoms with Crippen LogP contribution in [0.25, 0.3) is 0 Å². The van der Waals surface area contributed by atoms with E-state index >= 15 is 0 Å². The van der Waals surface area contributed by atoms with Crippen molar-refractivity contribution in [3.63, 3.8) is 0 Å². The highest BCUT2D eigenvalue weighted by Crippen LogP contribution is 2.24. The third kappa shape index (κ3) is 2.97. The van der Waals surface area contributed by atoms with Crippen LogP contribution in [0.15, 0.2) is 29.2 Å². The zero-order chi connectivity index (χ0) is 10.9. The summed E-state index contributed by atoms with van der Waals surface area (Å²) < 4.78 is 22.8. The van der Waals surface area contributed by atoms with Crippen LogP contribution in [0, 0.1) is 0 Å². The lowest BCUT2D eigenvalue weighted by molar-refractivity contribution is 0.600. The summed E-state index contributed by atoms with van der Waals surface area (Å²) in [6.45, 7) is 1.02. The number of nitrogens with one attached hydrogen (secondary N) is 1. The highest BCUT2D eigenvalue weighted by Gasteiger charge is 2.17. The van der Waals surface area contributed by atoms with E-state index in [9.17, 15) is 8.42 Å². The molecule has 0 aliphatic carbocycles. The largest absolute Gasteiger partial charge is 0.310 e. The van der Waals surface area contributed by atoms with Gasteiger partial charge in [-0.3, -0.25) is 0 Å². The number of halogens is 1. The lowest BCUT2D eigenvalue weighted by atomic mass is 10.1. The molecule has 0 saturated carbocycles. The van der Waals surface area contributed by atoms with E-state index in [4.69, 9.17) is 0 Å². The van der Waals surface area contributed by atoms with Gasteiger partial charge in [-0.1, -0.05) is 12.1 Å². The third-order valence-electron chi connectivity index (χ3n) is 2.75. The number of rotatable bonds is 2. The molecule has 0 bridgehead atoms. The summed E-state index contributed by atoms with van der Waals surface area (Å²) in [7, 11) is -3.08. The molecule has 3 nitrogen and oxygen atoms in total. The minimum Gasteiger partial charge on any atom is -0.310 e. The maximum absolute atomic E-state index is 11.4. The van der Waals surface area contributed by atoms with Gasteiger partial charge in [-0.25, -0.2) is 8.42 Å². The van der Waals surface area contributed by atoms with E-state index in [0.29, 0.717) is 10.9 Å². The topological polar surface area (TPSA) is 46.2 Å². The molecule has 0 aromatic heterocycles. The Morgan fingerprint density at radius 1 is 1.38 bits per heavy atom. The Bertz CT molecular complexity index is 453. The van der Waals surface area contributed by atoms with Crippen LogP contribution in [-0.4, -0.2) is 21.2 Å². The summed E-state index contributed by atoms with van der Waals surface area (Å²) in [6, 6.07) is 7.54. The normalized spacial score (nSPS) is 20.4. The fourth-order valence-electron chi connectivity index (χ4n) is 1.93. The molecule has 1 aliphatic heterocycles. The minimum atomic E-state index is -3.08. The summed E-state index contributed by atoms with van der Waals surface area (Å²) >= 11 is 0. The highest BCUT2D eigenvalue weighted by molar-refractivity contribution is 7.90. The molecule has 1 aromatic carbocycles. The molecule has 1 N–H and O–H groups in total. The average Bonchev–Trinajstić information content (AvgIpc) is 2.69. The van der Waals surface area contributed by atoms with Gasteiger partial charge in [-0.05, 0) is 37.1 Å². The number of hydrogen-bond donors (Lipinski definition) is 1. The highest BCUT2D eigenvalue weighted by atomic mass is 35.5. The second kappa shape index (κ2) is 5.17. The minimum absolute atomic E-state index is 0. The molecule has 1 heterocycles. The maximum Gasteiger partial charge on any atom is 0.175 e. The van der Waals surface area contributed by atoms with Gasteiger partial charge in [0.25, 0.3) is 0 Å². The van der Waals surface area contributed by atoms with Gasteiger partial charge in [0.1, 0.15) is 0 Å². The van der Waals surface area contributed by atoms with E-state index in [1.807, 2.05) is 12.1 Å². The van der Waals surface area contributed by atoms with Crippen molar-refractivity contribution >= 4 is 22.2 Å². The summed E-state index contributed by atoms with van der Waals surface area (Å²) in [4.78, 5) is 0.411. The van der Waals surface area contributed by atoms with Gasteiger partial charge < -0.3 is 5.32 Å². The Balaban J connectivity index is 0.00000128. The first-order chi connectivity index (χ1) is 7.07. The number of hydrogen-bond acceptors (Lipinski definition) is 3. The molecule has 1 aliphatic rings. The second-order valence-corrected chi connectivity index (χ2v) is 6.01. The van der Waals surface area contributed by atoms with Crippen LogP contribution < -0.4 is 5.32 Å². The SMILES string of the molecule is CS(=O)(=O)c1cccc([C@H]2CCCN2)c1.Cl. The first-order valence-electron chi connectivity index (χ1n) is 5.11. The molecule has 1 aromatic rings. The standard InChI is InChI=1S/C11H15NO2S.ClH/c1-15(13,14)10-5-2-4-9(8-10)11-6-3-7-12-11;/h2,4-5,8,11-12H,3,6-7H2,1H3;1H/t11-;/m1./s1. The Morgan fingerprint density at radius 2 is 2.12 bits per heavy atom. The number of benzene rings is 1. The molecule has 0 amide bonds. The lowest BCUT2D eigenvalue weighted by Gasteiger charge is -2.11. The van der Waals surface area contributed by atoms with E-state index in [1.165, 1.54) is 6.26 Å². The predicted molar refractivity (Wildman–Crippen MR) is 66.8 cm³/mol. The Hall–Kier alpha value is -0.580. The summed E-state index contributed by atoms with van der Waals surface area (Å²) in [5, 5.41) is 3.36. The van der Waals surface area contributed by atoms with Crippen molar-refractivity contribution in [1.82, 2.24) is 5.32 Å². The van der Waals surface area contributed by atoms with Gasteiger partial charge in [-0.15, -0.1) is 12.4 Å². The van der Waals surface area contributed by atoms with Crippen LogP contribution >= 0.6 is 12.4 Å². The van der Waals surface area contributed by atoms with Crippen molar-refractivity contribution in [3.05, 3.63) is 29.8 Å². The molecular weight excluding hydrogens is 246 g/mol. The van der Waals surface area contributed by atoms with Gasteiger partial charge in [-0.2, -0.15) is 0 Å². The van der Waals surface area contributed by atoms with Gasteiger partial charge in [0.05, 0.1) is 4.90 Å². The summed E-state index contributed by atoms with van der Waals surface area (Å²) in [5.74, 6) is 0. The van der Waals surface area contributed by atoms with E-state index in [2.05, 4.69) is 5.32 Å². The molecule has 1 atom stereocenters. The van der Waals surface area contributed by atoms with Crippen molar-refractivity contribution in [2.24, 2.45) is 0 Å². The van der Waals surface area contributed by atoms with E-state index in [-0.39, 0.29) is 12.4 Å². The van der Waals surface area contributed by atoms with Crippen LogP contribution in [0.2, 0.25) is 0 Å². The van der Waals surface area contributed by atoms with Crippen molar-refractivity contribution in [3.8, 4) is 0 Å². The predicted octanol–water partition coefficient (Wildman–Crippen LogP) is 1.94. The third-order valence-corrected chi connectivity index (χ3v) is 3.86. The molecular formula is C11H16ClNO2S. The molecule has 0 spiro atoms. The smallest absolute Gasteiger partial charge is 0.175 e. The van der Waals surface area contributed by atoms with E-state index in [1.54, 1.807) is 12.1 Å². The monoisotopic (exact) mass is 261 g/mol. The van der Waals surface area contributed by atoms with Gasteiger partial charge in [0.15, 0.2) is 9.84 Å². The zero-order valence-corrected chi connectivity index (χ0v) is 10.8. The first kappa shape index (κ1) is 13.5. The van der Waals surface area contributed by atoms with Gasteiger partial charge >= 0.3 is 0 Å². The first-order valence-corrected chi connectivity index (χ1v) is 7.00. The van der Waals surface area contributed by atoms with E-state index in [0.717, 1.165) is 24.9 Å². The van der Waals surface area contributed by atoms with Crippen molar-refractivity contribution in [2.75, 3.05) is 12.8 Å². The van der Waals surface area contributed by atoms with Crippen LogP contribution in [-0.2, 0) is 9.84 Å².